The molecule has 17 heavy (non-hydrogen) atoms. The van der Waals surface area contributed by atoms with E-state index in [0.29, 0.717) is 6.42 Å². The minimum Gasteiger partial charge on any atom is -0.380 e. The molecular formula is C10H12F4N2S. The third-order valence-corrected chi connectivity index (χ3v) is 3.29. The Balaban J connectivity index is 2.77. The van der Waals surface area contributed by atoms with Gasteiger partial charge in [-0.25, -0.2) is 0 Å². The molecule has 0 spiro atoms. The predicted octanol–water partition coefficient (Wildman–Crippen LogP) is 3.19. The summed E-state index contributed by atoms with van der Waals surface area (Å²) in [7, 11) is 0. The molecule has 0 saturated carbocycles. The number of anilines is 1. The van der Waals surface area contributed by atoms with E-state index in [4.69, 9.17) is 0 Å². The van der Waals surface area contributed by atoms with Crippen LogP contribution in [-0.4, -0.2) is 23.0 Å². The highest BCUT2D eigenvalue weighted by Gasteiger charge is 2.20. The van der Waals surface area contributed by atoms with Crippen molar-refractivity contribution in [3.8, 4) is 0 Å². The largest absolute Gasteiger partial charge is 0.380 e. The summed E-state index contributed by atoms with van der Waals surface area (Å²) >= 11 is 1.59. The van der Waals surface area contributed by atoms with Crippen molar-refractivity contribution in [2.45, 2.75) is 18.6 Å². The lowest BCUT2D eigenvalue weighted by molar-refractivity contribution is 0.410. The van der Waals surface area contributed by atoms with Gasteiger partial charge in [-0.3, -0.25) is 0 Å². The molecule has 1 rings (SSSR count). The second-order valence-electron chi connectivity index (χ2n) is 3.46. The number of rotatable bonds is 5. The first-order chi connectivity index (χ1) is 7.97. The number of hydrogen-bond acceptors (Lipinski definition) is 3. The van der Waals surface area contributed by atoms with Gasteiger partial charge in [-0.15, -0.1) is 0 Å². The lowest BCUT2D eigenvalue weighted by atomic mass is 10.3. The maximum Gasteiger partial charge on any atom is 0.253 e. The predicted molar refractivity (Wildman–Crippen MR) is 60.2 cm³/mol. The van der Waals surface area contributed by atoms with Gasteiger partial charge in [-0.05, 0) is 12.7 Å². The van der Waals surface area contributed by atoms with Crippen molar-refractivity contribution < 1.29 is 17.6 Å². The normalized spacial score (nSPS) is 12.6. The minimum absolute atomic E-state index is 0.221. The molecule has 0 radical (unpaired) electrons. The molecule has 1 N–H and O–H groups in total. The Hall–Kier alpha value is -0.980. The van der Waals surface area contributed by atoms with Crippen LogP contribution in [0.2, 0.25) is 0 Å². The summed E-state index contributed by atoms with van der Waals surface area (Å²) in [6.45, 7) is 2.16. The first-order valence-electron chi connectivity index (χ1n) is 4.94. The lowest BCUT2D eigenvalue weighted by Crippen LogP contribution is -2.13. The zero-order valence-electron chi connectivity index (χ0n) is 9.36. The number of thioether (sulfide) groups is 1. The molecule has 0 saturated heterocycles. The number of aromatic nitrogens is 1. The van der Waals surface area contributed by atoms with Crippen molar-refractivity contribution in [3.05, 3.63) is 23.5 Å². The average Bonchev–Trinajstić information content (AvgIpc) is 2.30. The van der Waals surface area contributed by atoms with Gasteiger partial charge in [-0.1, -0.05) is 6.92 Å². The molecule has 0 aliphatic rings. The summed E-state index contributed by atoms with van der Waals surface area (Å²) in [5.41, 5.74) is -0.802. The Morgan fingerprint density at radius 2 is 1.71 bits per heavy atom. The summed E-state index contributed by atoms with van der Waals surface area (Å²) < 4.78 is 51.7. The van der Waals surface area contributed by atoms with E-state index in [0.717, 1.165) is 0 Å². The van der Waals surface area contributed by atoms with E-state index in [1.54, 1.807) is 11.8 Å². The van der Waals surface area contributed by atoms with Crippen LogP contribution in [0.1, 0.15) is 13.3 Å². The van der Waals surface area contributed by atoms with Crippen LogP contribution in [0.3, 0.4) is 0 Å². The number of nitrogens with zero attached hydrogens (tertiary/aromatic N) is 1. The zero-order chi connectivity index (χ0) is 13.0. The Labute approximate surface area is 101 Å². The van der Waals surface area contributed by atoms with Gasteiger partial charge in [0.25, 0.3) is 11.9 Å². The van der Waals surface area contributed by atoms with E-state index in [1.165, 1.54) is 0 Å². The summed E-state index contributed by atoms with van der Waals surface area (Å²) in [5, 5.41) is 2.63. The fourth-order valence-electron chi connectivity index (χ4n) is 1.16. The molecule has 7 heteroatoms. The van der Waals surface area contributed by atoms with E-state index >= 15 is 0 Å². The van der Waals surface area contributed by atoms with Crippen molar-refractivity contribution in [2.75, 3.05) is 18.1 Å². The van der Waals surface area contributed by atoms with Crippen LogP contribution in [-0.2, 0) is 0 Å². The van der Waals surface area contributed by atoms with Gasteiger partial charge in [0.05, 0.1) is 0 Å². The van der Waals surface area contributed by atoms with Gasteiger partial charge in [0.1, 0.15) is 5.69 Å². The SMILES string of the molecule is CSC(C)CCNc1c(F)c(F)nc(F)c1F. The molecule has 0 aromatic carbocycles. The minimum atomic E-state index is -1.65. The highest BCUT2D eigenvalue weighted by molar-refractivity contribution is 7.99. The maximum absolute atomic E-state index is 13.1. The van der Waals surface area contributed by atoms with Crippen LogP contribution < -0.4 is 5.32 Å². The van der Waals surface area contributed by atoms with Crippen molar-refractivity contribution in [1.29, 1.82) is 0 Å². The molecule has 2 nitrogen and oxygen atoms in total. The van der Waals surface area contributed by atoms with Crippen LogP contribution in [0, 0.1) is 23.5 Å². The van der Waals surface area contributed by atoms with Gasteiger partial charge in [0.15, 0.2) is 0 Å². The number of nitrogens with one attached hydrogen (secondary N) is 1. The molecule has 0 fully saturated rings. The number of halogens is 4. The number of hydrogen-bond donors (Lipinski definition) is 1. The van der Waals surface area contributed by atoms with Gasteiger partial charge in [0, 0.05) is 11.8 Å². The Morgan fingerprint density at radius 3 is 2.18 bits per heavy atom. The second kappa shape index (κ2) is 6.09. The van der Waals surface area contributed by atoms with Gasteiger partial charge >= 0.3 is 0 Å². The molecule has 0 amide bonds. The monoisotopic (exact) mass is 268 g/mol. The maximum atomic E-state index is 13.1. The topological polar surface area (TPSA) is 24.9 Å². The highest BCUT2D eigenvalue weighted by Crippen LogP contribution is 2.22. The van der Waals surface area contributed by atoms with E-state index in [1.807, 2.05) is 13.2 Å². The molecular weight excluding hydrogens is 256 g/mol. The molecule has 96 valence electrons. The van der Waals surface area contributed by atoms with Crippen LogP contribution in [0.15, 0.2) is 0 Å². The van der Waals surface area contributed by atoms with Gasteiger partial charge < -0.3 is 5.32 Å². The molecule has 0 aliphatic carbocycles. The lowest BCUT2D eigenvalue weighted by Gasteiger charge is -2.11. The van der Waals surface area contributed by atoms with E-state index < -0.39 is 29.2 Å². The molecule has 1 aromatic heterocycles. The Bertz CT molecular complexity index is 374. The van der Waals surface area contributed by atoms with Crippen molar-refractivity contribution >= 4 is 17.4 Å². The van der Waals surface area contributed by atoms with Crippen molar-refractivity contribution in [1.82, 2.24) is 4.98 Å². The third-order valence-electron chi connectivity index (χ3n) is 2.25. The van der Waals surface area contributed by atoms with Gasteiger partial charge in [-0.2, -0.15) is 34.3 Å². The summed E-state index contributed by atoms with van der Waals surface area (Å²) in [6, 6.07) is 0. The Kier molecular flexibility index (Phi) is 5.04. The van der Waals surface area contributed by atoms with E-state index in [2.05, 4.69) is 10.3 Å². The molecule has 0 bridgehead atoms. The fraction of sp³-hybridized carbons (Fsp3) is 0.500. The fourth-order valence-corrected chi connectivity index (χ4v) is 1.51. The van der Waals surface area contributed by atoms with Crippen LogP contribution in [0.4, 0.5) is 23.2 Å². The van der Waals surface area contributed by atoms with Crippen molar-refractivity contribution in [2.24, 2.45) is 0 Å². The molecule has 0 aliphatic heterocycles. The van der Waals surface area contributed by atoms with Crippen LogP contribution >= 0.6 is 11.8 Å². The first kappa shape index (κ1) is 14.1. The molecule has 1 aromatic rings. The van der Waals surface area contributed by atoms with Crippen LogP contribution in [0.25, 0.3) is 0 Å². The molecule has 1 atom stereocenters. The smallest absolute Gasteiger partial charge is 0.253 e. The highest BCUT2D eigenvalue weighted by atomic mass is 32.2. The van der Waals surface area contributed by atoms with E-state index in [-0.39, 0.29) is 11.8 Å². The second-order valence-corrected chi connectivity index (χ2v) is 4.73. The zero-order valence-corrected chi connectivity index (χ0v) is 10.2. The van der Waals surface area contributed by atoms with Crippen molar-refractivity contribution in [3.63, 3.8) is 0 Å². The average molecular weight is 268 g/mol. The summed E-state index contributed by atoms with van der Waals surface area (Å²) in [4.78, 5) is 2.47. The molecule has 1 unspecified atom stereocenters. The Morgan fingerprint density at radius 1 is 1.18 bits per heavy atom. The quantitative estimate of drug-likeness (QED) is 0.655. The van der Waals surface area contributed by atoms with Gasteiger partial charge in [0.2, 0.25) is 11.6 Å². The summed E-state index contributed by atoms with van der Waals surface area (Å²) in [6.07, 6.45) is 2.52. The third kappa shape index (κ3) is 3.49. The number of pyridine rings is 1. The molecule has 1 heterocycles. The first-order valence-corrected chi connectivity index (χ1v) is 6.22. The summed E-state index contributed by atoms with van der Waals surface area (Å²) in [5.74, 6) is -6.30. The standard InChI is InChI=1S/C10H12F4N2S/c1-5(17-2)3-4-15-8-6(11)9(13)16-10(14)7(8)12/h5H,3-4H2,1-2H3,(H,15,16). The van der Waals surface area contributed by atoms with E-state index in [9.17, 15) is 17.6 Å². The van der Waals surface area contributed by atoms with Crippen LogP contribution in [0.5, 0.6) is 0 Å².